The van der Waals surface area contributed by atoms with E-state index in [0.29, 0.717) is 25.6 Å². The zero-order chi connectivity index (χ0) is 18.2. The first-order chi connectivity index (χ1) is 11.3. The number of rotatable bonds is 7. The zero-order valence-electron chi connectivity index (χ0n) is 16.1. The molecule has 0 aliphatic heterocycles. The Morgan fingerprint density at radius 3 is 2.12 bits per heavy atom. The molecule has 3 N–H and O–H groups in total. The first-order valence-electron chi connectivity index (χ1n) is 8.76. The molecule has 0 atom stereocenters. The van der Waals surface area contributed by atoms with E-state index in [0.717, 1.165) is 25.7 Å². The van der Waals surface area contributed by atoms with E-state index in [9.17, 15) is 9.59 Å². The van der Waals surface area contributed by atoms with Crippen molar-refractivity contribution in [1.82, 2.24) is 20.9 Å². The van der Waals surface area contributed by atoms with Gasteiger partial charge in [-0.2, -0.15) is 0 Å². The van der Waals surface area contributed by atoms with E-state index >= 15 is 0 Å². The highest BCUT2D eigenvalue weighted by atomic mass is 127. The number of carbonyl (C=O) groups is 2. The standard InChI is InChI=1S/C17H33N5O2.HI/c1-13(2)14(23)19-10-11-20-16(18-3)21-12-17(8-6-7-9-17)15(24)22(4)5;/h13H,6-12H2,1-5H3,(H,19,23)(H2,18,20,21);1H. The van der Waals surface area contributed by atoms with Crippen LogP contribution in [0.25, 0.3) is 0 Å². The van der Waals surface area contributed by atoms with Crippen LogP contribution < -0.4 is 16.0 Å². The summed E-state index contributed by atoms with van der Waals surface area (Å²) in [5, 5.41) is 9.30. The predicted octanol–water partition coefficient (Wildman–Crippen LogP) is 1.19. The molecule has 0 saturated heterocycles. The highest BCUT2D eigenvalue weighted by molar-refractivity contribution is 14.0. The summed E-state index contributed by atoms with van der Waals surface area (Å²) in [5.74, 6) is 0.877. The van der Waals surface area contributed by atoms with Gasteiger partial charge in [0.25, 0.3) is 0 Å². The molecular weight excluding hydrogens is 433 g/mol. The highest BCUT2D eigenvalue weighted by Gasteiger charge is 2.42. The third kappa shape index (κ3) is 7.37. The molecule has 0 aromatic heterocycles. The molecule has 0 unspecified atom stereocenters. The molecule has 1 rings (SSSR count). The maximum Gasteiger partial charge on any atom is 0.230 e. The lowest BCUT2D eigenvalue weighted by Crippen LogP contribution is -2.50. The average Bonchev–Trinajstić information content (AvgIpc) is 3.02. The summed E-state index contributed by atoms with van der Waals surface area (Å²) in [6.07, 6.45) is 4.01. The summed E-state index contributed by atoms with van der Waals surface area (Å²) in [4.78, 5) is 29.9. The summed E-state index contributed by atoms with van der Waals surface area (Å²) in [5.41, 5.74) is -0.326. The molecular formula is C17H34IN5O2. The van der Waals surface area contributed by atoms with Gasteiger partial charge in [-0.3, -0.25) is 14.6 Å². The van der Waals surface area contributed by atoms with Gasteiger partial charge in [0.1, 0.15) is 0 Å². The van der Waals surface area contributed by atoms with Crippen LogP contribution in [0.5, 0.6) is 0 Å². The molecule has 0 bridgehead atoms. The molecule has 0 heterocycles. The highest BCUT2D eigenvalue weighted by Crippen LogP contribution is 2.38. The maximum absolute atomic E-state index is 12.5. The van der Waals surface area contributed by atoms with Crippen LogP contribution in [0.3, 0.4) is 0 Å². The second kappa shape index (κ2) is 11.5. The van der Waals surface area contributed by atoms with E-state index in [-0.39, 0.29) is 47.1 Å². The van der Waals surface area contributed by atoms with Gasteiger partial charge in [-0.05, 0) is 12.8 Å². The van der Waals surface area contributed by atoms with Gasteiger partial charge in [-0.25, -0.2) is 0 Å². The number of guanidine groups is 1. The number of nitrogens with zero attached hydrogens (tertiary/aromatic N) is 2. The van der Waals surface area contributed by atoms with Crippen LogP contribution in [0.15, 0.2) is 4.99 Å². The molecule has 7 nitrogen and oxygen atoms in total. The first-order valence-corrected chi connectivity index (χ1v) is 8.76. The number of aliphatic imine (C=N–C) groups is 1. The van der Waals surface area contributed by atoms with E-state index in [1.807, 2.05) is 27.9 Å². The molecule has 2 amide bonds. The van der Waals surface area contributed by atoms with E-state index in [1.54, 1.807) is 11.9 Å². The lowest BCUT2D eigenvalue weighted by molar-refractivity contribution is -0.138. The van der Waals surface area contributed by atoms with Crippen LogP contribution in [-0.4, -0.2) is 63.5 Å². The largest absolute Gasteiger partial charge is 0.355 e. The molecule has 1 aliphatic rings. The van der Waals surface area contributed by atoms with Crippen LogP contribution in [-0.2, 0) is 9.59 Å². The molecule has 0 aromatic carbocycles. The van der Waals surface area contributed by atoms with Crippen LogP contribution in [0, 0.1) is 11.3 Å². The van der Waals surface area contributed by atoms with Crippen molar-refractivity contribution in [2.45, 2.75) is 39.5 Å². The van der Waals surface area contributed by atoms with Crippen molar-refractivity contribution in [2.75, 3.05) is 40.8 Å². The number of nitrogens with one attached hydrogen (secondary N) is 3. The SMILES string of the molecule is CN=C(NCCNC(=O)C(C)C)NCC1(C(=O)N(C)C)CCCC1.I. The minimum Gasteiger partial charge on any atom is -0.355 e. The number of carbonyl (C=O) groups excluding carboxylic acids is 2. The van der Waals surface area contributed by atoms with Crippen LogP contribution >= 0.6 is 24.0 Å². The minimum absolute atomic E-state index is 0. The van der Waals surface area contributed by atoms with E-state index in [4.69, 9.17) is 0 Å². The Balaban J connectivity index is 0.00000576. The molecule has 0 aromatic rings. The number of halogens is 1. The Bertz CT molecular complexity index is 460. The number of hydrogen-bond donors (Lipinski definition) is 3. The second-order valence-electron chi connectivity index (χ2n) is 6.99. The Labute approximate surface area is 168 Å². The van der Waals surface area contributed by atoms with Crippen LogP contribution in [0.4, 0.5) is 0 Å². The van der Waals surface area contributed by atoms with Gasteiger partial charge in [0.15, 0.2) is 5.96 Å². The third-order valence-corrected chi connectivity index (χ3v) is 4.48. The Kier molecular flexibility index (Phi) is 11.0. The van der Waals surface area contributed by atoms with Gasteiger partial charge < -0.3 is 20.9 Å². The molecule has 1 fully saturated rings. The quantitative estimate of drug-likeness (QED) is 0.227. The van der Waals surface area contributed by atoms with Crippen molar-refractivity contribution in [3.05, 3.63) is 0 Å². The summed E-state index contributed by atoms with van der Waals surface area (Å²) in [6.45, 7) is 5.45. The predicted molar refractivity (Wildman–Crippen MR) is 112 cm³/mol. The van der Waals surface area contributed by atoms with Gasteiger partial charge in [-0.15, -0.1) is 24.0 Å². The fourth-order valence-corrected chi connectivity index (χ4v) is 3.04. The van der Waals surface area contributed by atoms with Crippen molar-refractivity contribution in [1.29, 1.82) is 0 Å². The molecule has 25 heavy (non-hydrogen) atoms. The monoisotopic (exact) mass is 467 g/mol. The Hall–Kier alpha value is -1.06. The maximum atomic E-state index is 12.5. The van der Waals surface area contributed by atoms with Crippen molar-refractivity contribution in [3.63, 3.8) is 0 Å². The van der Waals surface area contributed by atoms with Crippen molar-refractivity contribution >= 4 is 41.8 Å². The van der Waals surface area contributed by atoms with E-state index < -0.39 is 0 Å². The topological polar surface area (TPSA) is 85.8 Å². The van der Waals surface area contributed by atoms with Gasteiger partial charge in [0.2, 0.25) is 11.8 Å². The van der Waals surface area contributed by atoms with Crippen molar-refractivity contribution in [3.8, 4) is 0 Å². The second-order valence-corrected chi connectivity index (χ2v) is 6.99. The summed E-state index contributed by atoms with van der Waals surface area (Å²) < 4.78 is 0. The average molecular weight is 467 g/mol. The van der Waals surface area contributed by atoms with E-state index in [1.165, 1.54) is 0 Å². The molecule has 146 valence electrons. The van der Waals surface area contributed by atoms with Crippen LogP contribution in [0.1, 0.15) is 39.5 Å². The third-order valence-electron chi connectivity index (χ3n) is 4.48. The molecule has 1 saturated carbocycles. The van der Waals surface area contributed by atoms with Crippen LogP contribution in [0.2, 0.25) is 0 Å². The molecule has 8 heteroatoms. The number of amides is 2. The Morgan fingerprint density at radius 2 is 1.64 bits per heavy atom. The molecule has 0 radical (unpaired) electrons. The summed E-state index contributed by atoms with van der Waals surface area (Å²) in [7, 11) is 5.33. The molecule has 1 aliphatic carbocycles. The normalized spacial score (nSPS) is 16.2. The lowest BCUT2D eigenvalue weighted by Gasteiger charge is -2.31. The van der Waals surface area contributed by atoms with Gasteiger partial charge in [0.05, 0.1) is 5.41 Å². The lowest BCUT2D eigenvalue weighted by atomic mass is 9.84. The van der Waals surface area contributed by atoms with Crippen molar-refractivity contribution in [2.24, 2.45) is 16.3 Å². The Morgan fingerprint density at radius 1 is 1.08 bits per heavy atom. The fraction of sp³-hybridized carbons (Fsp3) is 0.824. The van der Waals surface area contributed by atoms with Crippen molar-refractivity contribution < 1.29 is 9.59 Å². The van der Waals surface area contributed by atoms with Gasteiger partial charge >= 0.3 is 0 Å². The minimum atomic E-state index is -0.326. The smallest absolute Gasteiger partial charge is 0.230 e. The summed E-state index contributed by atoms with van der Waals surface area (Å²) in [6, 6.07) is 0. The fourth-order valence-electron chi connectivity index (χ4n) is 3.04. The van der Waals surface area contributed by atoms with Gasteiger partial charge in [-0.1, -0.05) is 26.7 Å². The van der Waals surface area contributed by atoms with E-state index in [2.05, 4.69) is 20.9 Å². The number of hydrogen-bond acceptors (Lipinski definition) is 3. The molecule has 0 spiro atoms. The zero-order valence-corrected chi connectivity index (χ0v) is 18.5. The first kappa shape index (κ1) is 23.9. The van der Waals surface area contributed by atoms with Gasteiger partial charge in [0, 0.05) is 46.7 Å². The summed E-state index contributed by atoms with van der Waals surface area (Å²) >= 11 is 0.